The lowest BCUT2D eigenvalue weighted by Crippen LogP contribution is -2.34. The van der Waals surface area contributed by atoms with Gasteiger partial charge in [-0.05, 0) is 48.6 Å². The molecular formula is C19H24N2. The number of nitrogens with zero attached hydrogens (tertiary/aromatic N) is 1. The van der Waals surface area contributed by atoms with Crippen LogP contribution in [0.3, 0.4) is 0 Å². The third-order valence-electron chi connectivity index (χ3n) is 4.59. The Morgan fingerprint density at radius 2 is 1.76 bits per heavy atom. The van der Waals surface area contributed by atoms with E-state index in [-0.39, 0.29) is 0 Å². The fourth-order valence-electron chi connectivity index (χ4n) is 3.43. The third kappa shape index (κ3) is 3.02. The predicted molar refractivity (Wildman–Crippen MR) is 88.1 cm³/mol. The molecule has 0 fully saturated rings. The standard InChI is InChI=1S/C19H24N2/c1-15-7-2-5-11-18(15)19(13-20)21-12-6-10-16-8-3-4-9-17(16)14-21/h2-5,7-9,11,19H,6,10,12-14,20H2,1H3. The van der Waals surface area contributed by atoms with Crippen molar-refractivity contribution in [1.82, 2.24) is 4.90 Å². The van der Waals surface area contributed by atoms with Crippen LogP contribution in [-0.2, 0) is 13.0 Å². The second kappa shape index (κ2) is 6.42. The molecule has 2 heteroatoms. The average Bonchev–Trinajstić information content (AvgIpc) is 2.72. The first-order valence-corrected chi connectivity index (χ1v) is 7.86. The van der Waals surface area contributed by atoms with Gasteiger partial charge in [-0.25, -0.2) is 0 Å². The van der Waals surface area contributed by atoms with Gasteiger partial charge in [0.05, 0.1) is 0 Å². The first-order chi connectivity index (χ1) is 10.3. The van der Waals surface area contributed by atoms with Gasteiger partial charge >= 0.3 is 0 Å². The Morgan fingerprint density at radius 3 is 2.52 bits per heavy atom. The van der Waals surface area contributed by atoms with E-state index in [1.54, 1.807) is 0 Å². The first-order valence-electron chi connectivity index (χ1n) is 7.86. The summed E-state index contributed by atoms with van der Waals surface area (Å²) >= 11 is 0. The summed E-state index contributed by atoms with van der Waals surface area (Å²) in [6.07, 6.45) is 2.39. The van der Waals surface area contributed by atoms with E-state index in [1.165, 1.54) is 35.1 Å². The van der Waals surface area contributed by atoms with Gasteiger partial charge in [0.25, 0.3) is 0 Å². The summed E-state index contributed by atoms with van der Waals surface area (Å²) in [7, 11) is 0. The molecule has 110 valence electrons. The minimum atomic E-state index is 0.317. The molecule has 0 amide bonds. The maximum atomic E-state index is 6.13. The summed E-state index contributed by atoms with van der Waals surface area (Å²) < 4.78 is 0. The fourth-order valence-corrected chi connectivity index (χ4v) is 3.43. The highest BCUT2D eigenvalue weighted by Crippen LogP contribution is 2.28. The molecule has 2 N–H and O–H groups in total. The molecule has 0 saturated carbocycles. The average molecular weight is 280 g/mol. The molecule has 0 bridgehead atoms. The van der Waals surface area contributed by atoms with Gasteiger partial charge in [-0.3, -0.25) is 4.90 Å². The highest BCUT2D eigenvalue weighted by molar-refractivity contribution is 5.31. The minimum absolute atomic E-state index is 0.317. The van der Waals surface area contributed by atoms with E-state index in [0.29, 0.717) is 12.6 Å². The summed E-state index contributed by atoms with van der Waals surface area (Å²) in [5.41, 5.74) is 11.8. The molecule has 0 radical (unpaired) electrons. The van der Waals surface area contributed by atoms with Crippen molar-refractivity contribution < 1.29 is 0 Å². The van der Waals surface area contributed by atoms with Crippen molar-refractivity contribution in [3.63, 3.8) is 0 Å². The van der Waals surface area contributed by atoms with Gasteiger partial charge in [0, 0.05) is 19.1 Å². The molecule has 3 rings (SSSR count). The van der Waals surface area contributed by atoms with Crippen LogP contribution in [0.5, 0.6) is 0 Å². The molecule has 0 aromatic heterocycles. The summed E-state index contributed by atoms with van der Waals surface area (Å²) in [4.78, 5) is 2.55. The van der Waals surface area contributed by atoms with Gasteiger partial charge in [-0.1, -0.05) is 48.5 Å². The van der Waals surface area contributed by atoms with Gasteiger partial charge in [0.1, 0.15) is 0 Å². The third-order valence-corrected chi connectivity index (χ3v) is 4.59. The Labute approximate surface area is 127 Å². The number of fused-ring (bicyclic) bond motifs is 1. The number of hydrogen-bond acceptors (Lipinski definition) is 2. The molecule has 2 aromatic rings. The predicted octanol–water partition coefficient (Wildman–Crippen LogP) is 3.44. The minimum Gasteiger partial charge on any atom is -0.329 e. The van der Waals surface area contributed by atoms with Crippen LogP contribution < -0.4 is 5.73 Å². The highest BCUT2D eigenvalue weighted by Gasteiger charge is 2.23. The zero-order chi connectivity index (χ0) is 14.7. The summed E-state index contributed by atoms with van der Waals surface area (Å²) in [6, 6.07) is 17.8. The van der Waals surface area contributed by atoms with Crippen molar-refractivity contribution in [2.24, 2.45) is 5.73 Å². The molecule has 2 nitrogen and oxygen atoms in total. The van der Waals surface area contributed by atoms with Gasteiger partial charge in [0.2, 0.25) is 0 Å². The van der Waals surface area contributed by atoms with Crippen LogP contribution in [0, 0.1) is 6.92 Å². The van der Waals surface area contributed by atoms with E-state index in [2.05, 4.69) is 60.4 Å². The van der Waals surface area contributed by atoms with Gasteiger partial charge < -0.3 is 5.73 Å². The second-order valence-electron chi connectivity index (χ2n) is 5.95. The van der Waals surface area contributed by atoms with Gasteiger partial charge in [-0.2, -0.15) is 0 Å². The van der Waals surface area contributed by atoms with Crippen LogP contribution in [0.25, 0.3) is 0 Å². The summed E-state index contributed by atoms with van der Waals surface area (Å²) in [6.45, 7) is 4.98. The van der Waals surface area contributed by atoms with E-state index in [4.69, 9.17) is 5.73 Å². The van der Waals surface area contributed by atoms with Crippen molar-refractivity contribution in [3.05, 3.63) is 70.8 Å². The molecule has 1 unspecified atom stereocenters. The number of hydrogen-bond donors (Lipinski definition) is 1. The smallest absolute Gasteiger partial charge is 0.0476 e. The summed E-state index contributed by atoms with van der Waals surface area (Å²) in [5, 5.41) is 0. The highest BCUT2D eigenvalue weighted by atomic mass is 15.2. The molecule has 0 saturated heterocycles. The van der Waals surface area contributed by atoms with Gasteiger partial charge in [-0.15, -0.1) is 0 Å². The van der Waals surface area contributed by atoms with Crippen LogP contribution in [-0.4, -0.2) is 18.0 Å². The summed E-state index contributed by atoms with van der Waals surface area (Å²) in [5.74, 6) is 0. The molecule has 1 aliphatic rings. The number of nitrogens with two attached hydrogens (primary N) is 1. The maximum absolute atomic E-state index is 6.13. The zero-order valence-corrected chi connectivity index (χ0v) is 12.8. The first kappa shape index (κ1) is 14.3. The molecule has 1 atom stereocenters. The number of benzene rings is 2. The lowest BCUT2D eigenvalue weighted by molar-refractivity contribution is 0.195. The number of aryl methyl sites for hydroxylation is 2. The SMILES string of the molecule is Cc1ccccc1C(CN)N1CCCc2ccccc2C1. The van der Waals surface area contributed by atoms with Gasteiger partial charge in [0.15, 0.2) is 0 Å². The van der Waals surface area contributed by atoms with E-state index in [1.807, 2.05) is 0 Å². The monoisotopic (exact) mass is 280 g/mol. The molecule has 1 aliphatic heterocycles. The van der Waals surface area contributed by atoms with Crippen LogP contribution in [0.1, 0.15) is 34.7 Å². The van der Waals surface area contributed by atoms with Crippen LogP contribution in [0.2, 0.25) is 0 Å². The lowest BCUT2D eigenvalue weighted by atomic mass is 9.99. The van der Waals surface area contributed by atoms with Crippen LogP contribution >= 0.6 is 0 Å². The quantitative estimate of drug-likeness (QED) is 0.933. The van der Waals surface area contributed by atoms with E-state index in [9.17, 15) is 0 Å². The molecule has 2 aromatic carbocycles. The Hall–Kier alpha value is -1.64. The Bertz CT molecular complexity index is 606. The Kier molecular flexibility index (Phi) is 4.37. The molecule has 0 spiro atoms. The Morgan fingerprint density at radius 1 is 1.05 bits per heavy atom. The largest absolute Gasteiger partial charge is 0.329 e. The van der Waals surface area contributed by atoms with Crippen molar-refractivity contribution in [3.8, 4) is 0 Å². The molecule has 0 aliphatic carbocycles. The lowest BCUT2D eigenvalue weighted by Gasteiger charge is -2.31. The number of rotatable bonds is 3. The fraction of sp³-hybridized carbons (Fsp3) is 0.368. The molecule has 21 heavy (non-hydrogen) atoms. The normalized spacial score (nSPS) is 17.0. The maximum Gasteiger partial charge on any atom is 0.0476 e. The van der Waals surface area contributed by atoms with E-state index in [0.717, 1.165) is 13.1 Å². The van der Waals surface area contributed by atoms with Crippen molar-refractivity contribution >= 4 is 0 Å². The Balaban J connectivity index is 1.90. The topological polar surface area (TPSA) is 29.3 Å². The van der Waals surface area contributed by atoms with Crippen molar-refractivity contribution in [2.45, 2.75) is 32.4 Å². The zero-order valence-electron chi connectivity index (χ0n) is 12.8. The second-order valence-corrected chi connectivity index (χ2v) is 5.95. The molecule has 1 heterocycles. The van der Waals surface area contributed by atoms with Crippen molar-refractivity contribution in [1.29, 1.82) is 0 Å². The molecular weight excluding hydrogens is 256 g/mol. The van der Waals surface area contributed by atoms with E-state index >= 15 is 0 Å². The van der Waals surface area contributed by atoms with E-state index < -0.39 is 0 Å². The van der Waals surface area contributed by atoms with Crippen LogP contribution in [0.4, 0.5) is 0 Å². The van der Waals surface area contributed by atoms with Crippen molar-refractivity contribution in [2.75, 3.05) is 13.1 Å². The van der Waals surface area contributed by atoms with Crippen LogP contribution in [0.15, 0.2) is 48.5 Å².